The van der Waals surface area contributed by atoms with Crippen molar-refractivity contribution >= 4 is 33.1 Å². The largest absolute Gasteiger partial charge is 0.336 e. The molecule has 1 N–H and O–H groups in total. The van der Waals surface area contributed by atoms with Gasteiger partial charge in [0, 0.05) is 13.2 Å². The van der Waals surface area contributed by atoms with Crippen molar-refractivity contribution in [2.24, 2.45) is 7.05 Å². The van der Waals surface area contributed by atoms with E-state index in [2.05, 4.69) is 20.4 Å². The van der Waals surface area contributed by atoms with Crippen LogP contribution in [0.4, 0.5) is 11.5 Å². The Morgan fingerprint density at radius 2 is 2.31 bits per heavy atom. The molecule has 3 rings (SSSR count). The lowest BCUT2D eigenvalue weighted by Crippen LogP contribution is -1.93. The predicted octanol–water partition coefficient (Wildman–Crippen LogP) is 2.17. The maximum Gasteiger partial charge on any atom is 0.151 e. The summed E-state index contributed by atoms with van der Waals surface area (Å²) in [5.74, 6) is 0.827. The molecular weight excluding hydrogens is 222 g/mol. The Labute approximate surface area is 95.8 Å². The smallest absolute Gasteiger partial charge is 0.151 e. The first-order valence-electron chi connectivity index (χ1n) is 4.77. The van der Waals surface area contributed by atoms with E-state index in [1.807, 2.05) is 24.7 Å². The first-order chi connectivity index (χ1) is 7.83. The zero-order valence-corrected chi connectivity index (χ0v) is 9.40. The Kier molecular flexibility index (Phi) is 2.07. The van der Waals surface area contributed by atoms with E-state index in [0.717, 1.165) is 21.7 Å². The summed E-state index contributed by atoms with van der Waals surface area (Å²) >= 11 is 1.63. The number of aromatic nitrogens is 4. The molecule has 6 heteroatoms. The van der Waals surface area contributed by atoms with Crippen LogP contribution in [0.2, 0.25) is 0 Å². The van der Waals surface area contributed by atoms with Crippen molar-refractivity contribution in [3.63, 3.8) is 0 Å². The maximum absolute atomic E-state index is 4.23. The molecule has 0 aliphatic heterocycles. The summed E-state index contributed by atoms with van der Waals surface area (Å²) in [5.41, 5.74) is 1.89. The lowest BCUT2D eigenvalue weighted by molar-refractivity contribution is 0.768. The van der Waals surface area contributed by atoms with Crippen molar-refractivity contribution in [1.29, 1.82) is 0 Å². The molecule has 0 atom stereocenters. The van der Waals surface area contributed by atoms with E-state index in [-0.39, 0.29) is 0 Å². The van der Waals surface area contributed by atoms with Gasteiger partial charge in [-0.05, 0) is 11.4 Å². The van der Waals surface area contributed by atoms with Gasteiger partial charge < -0.3 is 5.32 Å². The highest BCUT2D eigenvalue weighted by Gasteiger charge is 2.05. The topological polar surface area (TPSA) is 55.6 Å². The van der Waals surface area contributed by atoms with Gasteiger partial charge in [-0.2, -0.15) is 5.10 Å². The molecular formula is C10H9N5S. The molecule has 0 unspecified atom stereocenters. The molecule has 0 radical (unpaired) electrons. The summed E-state index contributed by atoms with van der Waals surface area (Å²) in [6.07, 6.45) is 5.23. The number of aryl methyl sites for hydroxylation is 1. The SMILES string of the molecule is Cn1cc(Nc2ncnc3ccsc23)cn1. The van der Waals surface area contributed by atoms with Crippen LogP contribution < -0.4 is 5.32 Å². The van der Waals surface area contributed by atoms with Crippen molar-refractivity contribution in [3.05, 3.63) is 30.2 Å². The van der Waals surface area contributed by atoms with E-state index in [0.29, 0.717) is 0 Å². The quantitative estimate of drug-likeness (QED) is 0.734. The normalized spacial score (nSPS) is 10.8. The van der Waals surface area contributed by atoms with E-state index in [1.165, 1.54) is 0 Å². The van der Waals surface area contributed by atoms with Gasteiger partial charge in [-0.1, -0.05) is 0 Å². The number of nitrogens with one attached hydrogen (secondary N) is 1. The van der Waals surface area contributed by atoms with Crippen molar-refractivity contribution in [3.8, 4) is 0 Å². The maximum atomic E-state index is 4.23. The monoisotopic (exact) mass is 231 g/mol. The standard InChI is InChI=1S/C10H9N5S/c1-15-5-7(4-13-15)14-10-9-8(2-3-16-9)11-6-12-10/h2-6H,1H3,(H,11,12,14). The summed E-state index contributed by atoms with van der Waals surface area (Å²) in [6, 6.07) is 1.98. The number of anilines is 2. The first-order valence-corrected chi connectivity index (χ1v) is 5.65. The number of nitrogens with zero attached hydrogens (tertiary/aromatic N) is 4. The molecule has 5 nitrogen and oxygen atoms in total. The molecule has 0 amide bonds. The average Bonchev–Trinajstić information content (AvgIpc) is 2.87. The Balaban J connectivity index is 2.03. The van der Waals surface area contributed by atoms with E-state index in [1.54, 1.807) is 28.5 Å². The molecule has 0 aliphatic rings. The minimum atomic E-state index is 0.827. The van der Waals surface area contributed by atoms with Crippen LogP contribution >= 0.6 is 11.3 Å². The van der Waals surface area contributed by atoms with Crippen LogP contribution in [0.15, 0.2) is 30.2 Å². The number of hydrogen-bond donors (Lipinski definition) is 1. The fourth-order valence-electron chi connectivity index (χ4n) is 1.50. The predicted molar refractivity (Wildman–Crippen MR) is 63.9 cm³/mol. The van der Waals surface area contributed by atoms with E-state index in [4.69, 9.17) is 0 Å². The van der Waals surface area contributed by atoms with Crippen LogP contribution in [-0.4, -0.2) is 19.7 Å². The molecule has 0 aromatic carbocycles. The summed E-state index contributed by atoms with van der Waals surface area (Å²) in [6.45, 7) is 0. The lowest BCUT2D eigenvalue weighted by Gasteiger charge is -2.02. The van der Waals surface area contributed by atoms with Crippen LogP contribution in [0, 0.1) is 0 Å². The molecule has 0 fully saturated rings. The van der Waals surface area contributed by atoms with E-state index >= 15 is 0 Å². The third-order valence-corrected chi connectivity index (χ3v) is 3.12. The Hall–Kier alpha value is -1.95. The number of thiophene rings is 1. The molecule has 3 aromatic rings. The van der Waals surface area contributed by atoms with Crippen LogP contribution in [-0.2, 0) is 7.05 Å². The Bertz CT molecular complexity index is 627. The molecule has 0 saturated heterocycles. The Morgan fingerprint density at radius 1 is 1.38 bits per heavy atom. The molecule has 80 valence electrons. The second kappa shape index (κ2) is 3.57. The third kappa shape index (κ3) is 1.53. The van der Waals surface area contributed by atoms with Crippen molar-refractivity contribution in [2.75, 3.05) is 5.32 Å². The third-order valence-electron chi connectivity index (χ3n) is 2.21. The summed E-state index contributed by atoms with van der Waals surface area (Å²) < 4.78 is 2.81. The number of rotatable bonds is 2. The van der Waals surface area contributed by atoms with Gasteiger partial charge in [-0.3, -0.25) is 4.68 Å². The average molecular weight is 231 g/mol. The van der Waals surface area contributed by atoms with Gasteiger partial charge in [0.1, 0.15) is 6.33 Å². The highest BCUT2D eigenvalue weighted by Crippen LogP contribution is 2.26. The van der Waals surface area contributed by atoms with Crippen LogP contribution in [0.5, 0.6) is 0 Å². The highest BCUT2D eigenvalue weighted by atomic mass is 32.1. The number of hydrogen-bond acceptors (Lipinski definition) is 5. The zero-order chi connectivity index (χ0) is 11.0. The molecule has 3 aromatic heterocycles. The first kappa shape index (κ1) is 9.29. The molecule has 0 spiro atoms. The molecule has 0 bridgehead atoms. The second-order valence-electron chi connectivity index (χ2n) is 3.38. The van der Waals surface area contributed by atoms with E-state index in [9.17, 15) is 0 Å². The van der Waals surface area contributed by atoms with Crippen molar-refractivity contribution in [1.82, 2.24) is 19.7 Å². The number of fused-ring (bicyclic) bond motifs is 1. The molecule has 16 heavy (non-hydrogen) atoms. The van der Waals surface area contributed by atoms with Crippen molar-refractivity contribution in [2.45, 2.75) is 0 Å². The van der Waals surface area contributed by atoms with Crippen LogP contribution in [0.3, 0.4) is 0 Å². The van der Waals surface area contributed by atoms with Crippen LogP contribution in [0.1, 0.15) is 0 Å². The fourth-order valence-corrected chi connectivity index (χ4v) is 2.29. The summed E-state index contributed by atoms with van der Waals surface area (Å²) in [5, 5.41) is 9.33. The second-order valence-corrected chi connectivity index (χ2v) is 4.30. The van der Waals surface area contributed by atoms with Gasteiger partial charge in [0.25, 0.3) is 0 Å². The van der Waals surface area contributed by atoms with Gasteiger partial charge in [-0.15, -0.1) is 11.3 Å². The van der Waals surface area contributed by atoms with Crippen molar-refractivity contribution < 1.29 is 0 Å². The van der Waals surface area contributed by atoms with Gasteiger partial charge in [0.2, 0.25) is 0 Å². The van der Waals surface area contributed by atoms with Gasteiger partial charge in [0.15, 0.2) is 5.82 Å². The molecule has 3 heterocycles. The van der Waals surface area contributed by atoms with Gasteiger partial charge in [0.05, 0.1) is 22.1 Å². The van der Waals surface area contributed by atoms with E-state index < -0.39 is 0 Å². The highest BCUT2D eigenvalue weighted by molar-refractivity contribution is 7.17. The summed E-state index contributed by atoms with van der Waals surface area (Å²) in [7, 11) is 1.88. The molecule has 0 saturated carbocycles. The minimum absolute atomic E-state index is 0.827. The Morgan fingerprint density at radius 3 is 3.12 bits per heavy atom. The van der Waals surface area contributed by atoms with Crippen LogP contribution in [0.25, 0.3) is 10.2 Å². The fraction of sp³-hybridized carbons (Fsp3) is 0.100. The lowest BCUT2D eigenvalue weighted by atomic mass is 10.4. The zero-order valence-electron chi connectivity index (χ0n) is 8.58. The van der Waals surface area contributed by atoms with Gasteiger partial charge in [-0.25, -0.2) is 9.97 Å². The summed E-state index contributed by atoms with van der Waals surface area (Å²) in [4.78, 5) is 8.42. The molecule has 0 aliphatic carbocycles. The van der Waals surface area contributed by atoms with Gasteiger partial charge >= 0.3 is 0 Å². The minimum Gasteiger partial charge on any atom is -0.336 e.